The molecular formula is C22H21IN2O4. The number of nitriles is 1. The highest BCUT2D eigenvalue weighted by molar-refractivity contribution is 14.1. The van der Waals surface area contributed by atoms with Gasteiger partial charge in [0.15, 0.2) is 6.61 Å². The van der Waals surface area contributed by atoms with Crippen molar-refractivity contribution < 1.29 is 19.1 Å². The number of esters is 1. The maximum atomic E-state index is 12.3. The van der Waals surface area contributed by atoms with Gasteiger partial charge in [0.2, 0.25) is 0 Å². The Kier molecular flexibility index (Phi) is 9.18. The number of carbonyl (C=O) groups excluding carboxylic acids is 2. The fourth-order valence-corrected chi connectivity index (χ4v) is 3.16. The Morgan fingerprint density at radius 2 is 1.97 bits per heavy atom. The minimum absolute atomic E-state index is 0.0312. The van der Waals surface area contributed by atoms with Crippen LogP contribution in [0.15, 0.2) is 54.1 Å². The largest absolute Gasteiger partial charge is 0.481 e. The van der Waals surface area contributed by atoms with Crippen LogP contribution in [0.25, 0.3) is 6.08 Å². The molecule has 7 heteroatoms. The number of rotatable bonds is 9. The van der Waals surface area contributed by atoms with Gasteiger partial charge in [0.05, 0.1) is 10.7 Å². The summed E-state index contributed by atoms with van der Waals surface area (Å²) in [6.45, 7) is 0.307. The number of hydrogen-bond donors (Lipinski definition) is 1. The van der Waals surface area contributed by atoms with Crippen LogP contribution in [-0.2, 0) is 20.7 Å². The Morgan fingerprint density at radius 3 is 2.62 bits per heavy atom. The molecule has 2 aromatic rings. The molecule has 0 atom stereocenters. The number of halogens is 1. The standard InChI is InChI=1S/C22H21IN2O4/c1-28-21(26)15-29-20-10-9-17(13-19(20)23)12-18(14-24)22(27)25-11-5-8-16-6-3-2-4-7-16/h2-4,6-7,9-10,12-13H,5,8,11,15H2,1H3,(H,25,27)/b18-12-. The second-order valence-electron chi connectivity index (χ2n) is 6.07. The third-order valence-corrected chi connectivity index (χ3v) is 4.82. The van der Waals surface area contributed by atoms with Gasteiger partial charge in [0.25, 0.3) is 5.91 Å². The molecule has 0 bridgehead atoms. The first-order chi connectivity index (χ1) is 14.0. The van der Waals surface area contributed by atoms with Crippen molar-refractivity contribution in [2.75, 3.05) is 20.3 Å². The Labute approximate surface area is 183 Å². The van der Waals surface area contributed by atoms with Gasteiger partial charge < -0.3 is 14.8 Å². The molecule has 2 aromatic carbocycles. The molecule has 6 nitrogen and oxygen atoms in total. The topological polar surface area (TPSA) is 88.4 Å². The lowest BCUT2D eigenvalue weighted by atomic mass is 10.1. The molecule has 0 aliphatic carbocycles. The van der Waals surface area contributed by atoms with E-state index in [1.165, 1.54) is 18.7 Å². The van der Waals surface area contributed by atoms with Crippen molar-refractivity contribution in [2.24, 2.45) is 0 Å². The summed E-state index contributed by atoms with van der Waals surface area (Å²) >= 11 is 2.06. The van der Waals surface area contributed by atoms with Gasteiger partial charge in [-0.3, -0.25) is 4.79 Å². The van der Waals surface area contributed by atoms with Gasteiger partial charge in [-0.05, 0) is 64.8 Å². The van der Waals surface area contributed by atoms with Gasteiger partial charge in [0, 0.05) is 6.54 Å². The molecular weight excluding hydrogens is 483 g/mol. The molecule has 0 saturated heterocycles. The molecule has 1 amide bonds. The van der Waals surface area contributed by atoms with E-state index >= 15 is 0 Å². The molecule has 0 heterocycles. The molecule has 0 radical (unpaired) electrons. The van der Waals surface area contributed by atoms with Gasteiger partial charge in [-0.15, -0.1) is 0 Å². The number of ether oxygens (including phenoxy) is 2. The fourth-order valence-electron chi connectivity index (χ4n) is 2.47. The van der Waals surface area contributed by atoms with E-state index in [-0.39, 0.29) is 12.2 Å². The molecule has 0 fully saturated rings. The van der Waals surface area contributed by atoms with Crippen molar-refractivity contribution in [3.8, 4) is 11.8 Å². The van der Waals surface area contributed by atoms with E-state index in [9.17, 15) is 14.9 Å². The number of aryl methyl sites for hydroxylation is 1. The van der Waals surface area contributed by atoms with E-state index in [4.69, 9.17) is 4.74 Å². The Morgan fingerprint density at radius 1 is 1.21 bits per heavy atom. The molecule has 2 rings (SSSR count). The minimum Gasteiger partial charge on any atom is -0.481 e. The summed E-state index contributed by atoms with van der Waals surface area (Å²) in [6, 6.07) is 17.1. The molecule has 0 saturated carbocycles. The quantitative estimate of drug-likeness (QED) is 0.186. The number of methoxy groups -OCH3 is 1. The zero-order valence-electron chi connectivity index (χ0n) is 16.0. The van der Waals surface area contributed by atoms with E-state index in [1.54, 1.807) is 18.2 Å². The zero-order valence-corrected chi connectivity index (χ0v) is 18.1. The summed E-state index contributed by atoms with van der Waals surface area (Å²) < 4.78 is 10.7. The van der Waals surface area contributed by atoms with Crippen LogP contribution in [0.1, 0.15) is 17.5 Å². The van der Waals surface area contributed by atoms with Crippen LogP contribution >= 0.6 is 22.6 Å². The van der Waals surface area contributed by atoms with Gasteiger partial charge in [-0.1, -0.05) is 36.4 Å². The highest BCUT2D eigenvalue weighted by Gasteiger charge is 2.10. The third kappa shape index (κ3) is 7.58. The summed E-state index contributed by atoms with van der Waals surface area (Å²) in [5, 5.41) is 12.1. The van der Waals surface area contributed by atoms with Crippen molar-refractivity contribution >= 4 is 40.5 Å². The monoisotopic (exact) mass is 504 g/mol. The lowest BCUT2D eigenvalue weighted by Crippen LogP contribution is -2.25. The van der Waals surface area contributed by atoms with Crippen molar-refractivity contribution in [1.82, 2.24) is 5.32 Å². The SMILES string of the molecule is COC(=O)COc1ccc(/C=C(/C#N)C(=O)NCCCc2ccccc2)cc1I. The highest BCUT2D eigenvalue weighted by atomic mass is 127. The number of hydrogen-bond acceptors (Lipinski definition) is 5. The normalized spacial score (nSPS) is 10.7. The molecule has 1 N–H and O–H groups in total. The molecule has 0 unspecified atom stereocenters. The van der Waals surface area contributed by atoms with Gasteiger partial charge >= 0.3 is 5.97 Å². The summed E-state index contributed by atoms with van der Waals surface area (Å²) in [5.74, 6) is -0.348. The number of carbonyl (C=O) groups is 2. The van der Waals surface area contributed by atoms with Crippen molar-refractivity contribution in [2.45, 2.75) is 12.8 Å². The van der Waals surface area contributed by atoms with Crippen LogP contribution < -0.4 is 10.1 Å². The Balaban J connectivity index is 1.92. The molecule has 0 aliphatic rings. The number of benzene rings is 2. The molecule has 29 heavy (non-hydrogen) atoms. The van der Waals surface area contributed by atoms with Crippen LogP contribution in [0.3, 0.4) is 0 Å². The van der Waals surface area contributed by atoms with Crippen molar-refractivity contribution in [3.63, 3.8) is 0 Å². The first-order valence-electron chi connectivity index (χ1n) is 8.96. The van der Waals surface area contributed by atoms with Gasteiger partial charge in [0.1, 0.15) is 17.4 Å². The van der Waals surface area contributed by atoms with Crippen LogP contribution in [-0.4, -0.2) is 32.1 Å². The molecule has 0 spiro atoms. The fraction of sp³-hybridized carbons (Fsp3) is 0.227. The van der Waals surface area contributed by atoms with E-state index in [2.05, 4.69) is 32.6 Å². The zero-order chi connectivity index (χ0) is 21.1. The summed E-state index contributed by atoms with van der Waals surface area (Å²) in [4.78, 5) is 23.4. The van der Waals surface area contributed by atoms with Crippen molar-refractivity contribution in [1.29, 1.82) is 5.26 Å². The third-order valence-electron chi connectivity index (χ3n) is 3.98. The first-order valence-corrected chi connectivity index (χ1v) is 10.0. The maximum Gasteiger partial charge on any atom is 0.343 e. The summed E-state index contributed by atoms with van der Waals surface area (Å²) in [7, 11) is 1.29. The van der Waals surface area contributed by atoms with E-state index in [1.807, 2.05) is 36.4 Å². The van der Waals surface area contributed by atoms with E-state index < -0.39 is 11.9 Å². The summed E-state index contributed by atoms with van der Waals surface area (Å²) in [6.07, 6.45) is 3.18. The van der Waals surface area contributed by atoms with E-state index in [0.29, 0.717) is 17.9 Å². The predicted octanol–water partition coefficient (Wildman–Crippen LogP) is 3.50. The van der Waals surface area contributed by atoms with Crippen LogP contribution in [0.4, 0.5) is 0 Å². The van der Waals surface area contributed by atoms with E-state index in [0.717, 1.165) is 16.4 Å². The lowest BCUT2D eigenvalue weighted by molar-refractivity contribution is -0.142. The Hall–Kier alpha value is -2.86. The Bertz CT molecular complexity index is 920. The average molecular weight is 504 g/mol. The molecule has 0 aromatic heterocycles. The molecule has 0 aliphatic heterocycles. The number of amides is 1. The van der Waals surface area contributed by atoms with Gasteiger partial charge in [-0.25, -0.2) is 4.79 Å². The maximum absolute atomic E-state index is 12.3. The first kappa shape index (κ1) is 22.4. The lowest BCUT2D eigenvalue weighted by Gasteiger charge is -2.08. The predicted molar refractivity (Wildman–Crippen MR) is 118 cm³/mol. The summed E-state index contributed by atoms with van der Waals surface area (Å²) in [5.41, 5.74) is 1.93. The highest BCUT2D eigenvalue weighted by Crippen LogP contribution is 2.23. The second-order valence-corrected chi connectivity index (χ2v) is 7.23. The van der Waals surface area contributed by atoms with Gasteiger partial charge in [-0.2, -0.15) is 5.26 Å². The van der Waals surface area contributed by atoms with Crippen LogP contribution in [0.2, 0.25) is 0 Å². The minimum atomic E-state index is -0.472. The number of nitrogens with zero attached hydrogens (tertiary/aromatic N) is 1. The van der Waals surface area contributed by atoms with Crippen LogP contribution in [0, 0.1) is 14.9 Å². The second kappa shape index (κ2) is 11.9. The molecule has 150 valence electrons. The van der Waals surface area contributed by atoms with Crippen LogP contribution in [0.5, 0.6) is 5.75 Å². The number of nitrogens with one attached hydrogen (secondary N) is 1. The van der Waals surface area contributed by atoms with Crippen molar-refractivity contribution in [3.05, 3.63) is 68.8 Å². The average Bonchev–Trinajstić information content (AvgIpc) is 2.74. The smallest absolute Gasteiger partial charge is 0.343 e.